The summed E-state index contributed by atoms with van der Waals surface area (Å²) in [4.78, 5) is 11.8. The van der Waals surface area contributed by atoms with Crippen LogP contribution in [-0.2, 0) is 4.79 Å². The lowest BCUT2D eigenvalue weighted by atomic mass is 9.71. The van der Waals surface area contributed by atoms with Gasteiger partial charge in [-0.2, -0.15) is 0 Å². The first-order valence-electron chi connectivity index (χ1n) is 8.11. The van der Waals surface area contributed by atoms with E-state index in [2.05, 4.69) is 24.5 Å². The summed E-state index contributed by atoms with van der Waals surface area (Å²) >= 11 is 0. The van der Waals surface area contributed by atoms with Gasteiger partial charge in [-0.3, -0.25) is 4.79 Å². The molecule has 0 aromatic carbocycles. The molecular weight excluding hydrogens is 252 g/mol. The number of carbonyl (C=O) groups is 1. The van der Waals surface area contributed by atoms with E-state index in [4.69, 9.17) is 0 Å². The van der Waals surface area contributed by atoms with Gasteiger partial charge < -0.3 is 15.7 Å². The van der Waals surface area contributed by atoms with Crippen LogP contribution in [0.25, 0.3) is 0 Å². The van der Waals surface area contributed by atoms with E-state index in [0.29, 0.717) is 24.5 Å². The van der Waals surface area contributed by atoms with Crippen LogP contribution in [0.5, 0.6) is 0 Å². The van der Waals surface area contributed by atoms with Crippen LogP contribution in [0.4, 0.5) is 0 Å². The van der Waals surface area contributed by atoms with Crippen molar-refractivity contribution in [1.82, 2.24) is 10.6 Å². The average Bonchev–Trinajstić information content (AvgIpc) is 2.92. The zero-order valence-corrected chi connectivity index (χ0v) is 13.0. The molecule has 0 saturated heterocycles. The highest BCUT2D eigenvalue weighted by atomic mass is 16.3. The van der Waals surface area contributed by atoms with Crippen molar-refractivity contribution in [2.45, 2.75) is 76.9 Å². The first kappa shape index (κ1) is 15.8. The predicted octanol–water partition coefficient (Wildman–Crippen LogP) is 1.97. The summed E-state index contributed by atoms with van der Waals surface area (Å²) in [6.07, 6.45) is 8.55. The molecule has 20 heavy (non-hydrogen) atoms. The van der Waals surface area contributed by atoms with Gasteiger partial charge in [-0.15, -0.1) is 0 Å². The summed E-state index contributed by atoms with van der Waals surface area (Å²) in [7, 11) is 0. The van der Waals surface area contributed by atoms with Gasteiger partial charge in [0.25, 0.3) is 0 Å². The maximum absolute atomic E-state index is 11.8. The van der Waals surface area contributed by atoms with Crippen molar-refractivity contribution in [2.24, 2.45) is 5.41 Å². The normalized spacial score (nSPS) is 25.6. The van der Waals surface area contributed by atoms with Crippen LogP contribution >= 0.6 is 0 Å². The van der Waals surface area contributed by atoms with Crippen molar-refractivity contribution in [3.8, 4) is 0 Å². The molecule has 2 rings (SSSR count). The Labute approximate surface area is 122 Å². The van der Waals surface area contributed by atoms with Crippen molar-refractivity contribution >= 4 is 5.91 Å². The molecule has 0 spiro atoms. The average molecular weight is 282 g/mol. The van der Waals surface area contributed by atoms with E-state index in [9.17, 15) is 9.90 Å². The van der Waals surface area contributed by atoms with E-state index >= 15 is 0 Å². The van der Waals surface area contributed by atoms with E-state index < -0.39 is 5.60 Å². The third-order valence-corrected chi connectivity index (χ3v) is 5.06. The van der Waals surface area contributed by atoms with Gasteiger partial charge >= 0.3 is 0 Å². The van der Waals surface area contributed by atoms with Crippen molar-refractivity contribution in [1.29, 1.82) is 0 Å². The molecule has 0 aromatic rings. The van der Waals surface area contributed by atoms with Crippen LogP contribution in [0, 0.1) is 5.41 Å². The molecule has 2 aliphatic rings. The molecule has 1 amide bonds. The molecule has 3 N–H and O–H groups in total. The van der Waals surface area contributed by atoms with Crippen LogP contribution in [0.1, 0.15) is 65.2 Å². The minimum Gasteiger partial charge on any atom is -0.388 e. The lowest BCUT2D eigenvalue weighted by Gasteiger charge is -2.40. The van der Waals surface area contributed by atoms with Crippen molar-refractivity contribution in [3.63, 3.8) is 0 Å². The van der Waals surface area contributed by atoms with E-state index in [-0.39, 0.29) is 5.91 Å². The molecule has 2 saturated carbocycles. The fraction of sp³-hybridized carbons (Fsp3) is 0.938. The van der Waals surface area contributed by atoms with Crippen LogP contribution in [0.3, 0.4) is 0 Å². The van der Waals surface area contributed by atoms with Gasteiger partial charge in [0.1, 0.15) is 0 Å². The number of amides is 1. The van der Waals surface area contributed by atoms with Crippen LogP contribution in [-0.4, -0.2) is 35.7 Å². The summed E-state index contributed by atoms with van der Waals surface area (Å²) < 4.78 is 0. The van der Waals surface area contributed by atoms with Gasteiger partial charge in [0.15, 0.2) is 0 Å². The van der Waals surface area contributed by atoms with Crippen molar-refractivity contribution in [2.75, 3.05) is 13.1 Å². The molecule has 116 valence electrons. The van der Waals surface area contributed by atoms with Gasteiger partial charge in [0.2, 0.25) is 5.91 Å². The second-order valence-electron chi connectivity index (χ2n) is 7.53. The van der Waals surface area contributed by atoms with E-state index in [1.807, 2.05) is 0 Å². The monoisotopic (exact) mass is 282 g/mol. The Morgan fingerprint density at radius 3 is 2.35 bits per heavy atom. The first-order valence-corrected chi connectivity index (χ1v) is 8.11. The molecule has 0 atom stereocenters. The zero-order valence-electron chi connectivity index (χ0n) is 13.0. The van der Waals surface area contributed by atoms with Crippen LogP contribution in [0.15, 0.2) is 0 Å². The Balaban J connectivity index is 1.65. The number of rotatable bonds is 5. The highest BCUT2D eigenvalue weighted by Crippen LogP contribution is 2.39. The molecule has 0 aliphatic heterocycles. The Bertz CT molecular complexity index is 325. The van der Waals surface area contributed by atoms with E-state index in [0.717, 1.165) is 25.7 Å². The van der Waals surface area contributed by atoms with Crippen LogP contribution in [0.2, 0.25) is 0 Å². The van der Waals surface area contributed by atoms with E-state index in [1.54, 1.807) is 0 Å². The SMILES string of the molecule is CC1(C)CCC(O)(CNC(=O)CNC2CCCC2)CC1. The second-order valence-corrected chi connectivity index (χ2v) is 7.53. The third-order valence-electron chi connectivity index (χ3n) is 5.06. The van der Waals surface area contributed by atoms with Crippen molar-refractivity contribution in [3.05, 3.63) is 0 Å². The lowest BCUT2D eigenvalue weighted by Crippen LogP contribution is -2.48. The Hall–Kier alpha value is -0.610. The summed E-state index contributed by atoms with van der Waals surface area (Å²) in [6, 6.07) is 0.513. The minimum atomic E-state index is -0.696. The Morgan fingerprint density at radius 1 is 1.15 bits per heavy atom. The highest BCUT2D eigenvalue weighted by Gasteiger charge is 2.36. The van der Waals surface area contributed by atoms with Gasteiger partial charge in [0.05, 0.1) is 12.1 Å². The number of carbonyl (C=O) groups excluding carboxylic acids is 1. The van der Waals surface area contributed by atoms with Gasteiger partial charge in [-0.05, 0) is 43.9 Å². The fourth-order valence-electron chi connectivity index (χ4n) is 3.26. The molecule has 4 heteroatoms. The molecule has 4 nitrogen and oxygen atoms in total. The molecule has 0 unspecified atom stereocenters. The Morgan fingerprint density at radius 2 is 1.75 bits per heavy atom. The minimum absolute atomic E-state index is 0.00941. The lowest BCUT2D eigenvalue weighted by molar-refractivity contribution is -0.122. The molecule has 2 aliphatic carbocycles. The summed E-state index contributed by atoms with van der Waals surface area (Å²) in [5.41, 5.74) is -0.362. The van der Waals surface area contributed by atoms with Crippen molar-refractivity contribution < 1.29 is 9.90 Å². The number of nitrogens with one attached hydrogen (secondary N) is 2. The fourth-order valence-corrected chi connectivity index (χ4v) is 3.26. The standard InChI is InChI=1S/C16H30N2O2/c1-15(2)7-9-16(20,10-8-15)12-18-14(19)11-17-13-5-3-4-6-13/h13,17,20H,3-12H2,1-2H3,(H,18,19). The predicted molar refractivity (Wildman–Crippen MR) is 80.5 cm³/mol. The smallest absolute Gasteiger partial charge is 0.234 e. The quantitative estimate of drug-likeness (QED) is 0.722. The summed E-state index contributed by atoms with van der Waals surface area (Å²) in [5.74, 6) is 0.00941. The number of hydrogen-bond donors (Lipinski definition) is 3. The second kappa shape index (κ2) is 6.44. The topological polar surface area (TPSA) is 61.4 Å². The highest BCUT2D eigenvalue weighted by molar-refractivity contribution is 5.78. The molecule has 0 aromatic heterocycles. The molecular formula is C16H30N2O2. The zero-order chi connectivity index (χ0) is 14.6. The molecule has 0 radical (unpaired) electrons. The number of aliphatic hydroxyl groups is 1. The van der Waals surface area contributed by atoms with Gasteiger partial charge in [-0.1, -0.05) is 26.7 Å². The Kier molecular flexibility index (Phi) is 5.08. The summed E-state index contributed by atoms with van der Waals surface area (Å²) in [6.45, 7) is 5.27. The van der Waals surface area contributed by atoms with Gasteiger partial charge in [-0.25, -0.2) is 0 Å². The summed E-state index contributed by atoms with van der Waals surface area (Å²) in [5, 5.41) is 16.7. The van der Waals surface area contributed by atoms with E-state index in [1.165, 1.54) is 25.7 Å². The first-order chi connectivity index (χ1) is 9.39. The maximum atomic E-state index is 11.8. The number of hydrogen-bond acceptors (Lipinski definition) is 3. The van der Waals surface area contributed by atoms with Crippen LogP contribution < -0.4 is 10.6 Å². The molecule has 2 fully saturated rings. The largest absolute Gasteiger partial charge is 0.388 e. The molecule has 0 heterocycles. The molecule has 0 bridgehead atoms. The maximum Gasteiger partial charge on any atom is 0.234 e. The third kappa shape index (κ3) is 4.74. The van der Waals surface area contributed by atoms with Gasteiger partial charge in [0, 0.05) is 12.6 Å².